The van der Waals surface area contributed by atoms with Gasteiger partial charge >= 0.3 is 6.18 Å². The lowest BCUT2D eigenvalue weighted by Crippen LogP contribution is -2.13. The molecule has 30 heavy (non-hydrogen) atoms. The SMILES string of the molecule is Cc1ccc(-n2nc(Cn3cccn3)nc2Cn2nc(C(F)(F)F)cc2C)cc1F. The third kappa shape index (κ3) is 3.95. The normalized spacial score (nSPS) is 11.9. The number of rotatable bonds is 5. The summed E-state index contributed by atoms with van der Waals surface area (Å²) in [4.78, 5) is 4.45. The summed E-state index contributed by atoms with van der Waals surface area (Å²) < 4.78 is 57.3. The zero-order valence-corrected chi connectivity index (χ0v) is 16.1. The molecule has 156 valence electrons. The Hall–Kier alpha value is -3.50. The Labute approximate surface area is 168 Å². The number of alkyl halides is 3. The molecule has 0 atom stereocenters. The van der Waals surface area contributed by atoms with Crippen molar-refractivity contribution in [3.05, 3.63) is 77.1 Å². The van der Waals surface area contributed by atoms with Crippen LogP contribution in [0.1, 0.15) is 28.6 Å². The highest BCUT2D eigenvalue weighted by Crippen LogP contribution is 2.28. The fourth-order valence-corrected chi connectivity index (χ4v) is 2.96. The van der Waals surface area contributed by atoms with E-state index in [2.05, 4.69) is 20.3 Å². The van der Waals surface area contributed by atoms with Crippen LogP contribution in [0.5, 0.6) is 0 Å². The molecule has 3 heterocycles. The Balaban J connectivity index is 1.74. The number of aryl methyl sites for hydroxylation is 2. The maximum atomic E-state index is 14.1. The predicted molar refractivity (Wildman–Crippen MR) is 98.5 cm³/mol. The van der Waals surface area contributed by atoms with Gasteiger partial charge in [0.1, 0.15) is 18.9 Å². The minimum absolute atomic E-state index is 0.0660. The molecule has 0 radical (unpaired) electrons. The molecule has 4 rings (SSSR count). The highest BCUT2D eigenvalue weighted by molar-refractivity contribution is 5.35. The minimum atomic E-state index is -4.55. The Bertz CT molecular complexity index is 1170. The van der Waals surface area contributed by atoms with Crippen molar-refractivity contribution in [3.63, 3.8) is 0 Å². The van der Waals surface area contributed by atoms with Crippen molar-refractivity contribution in [1.29, 1.82) is 0 Å². The van der Waals surface area contributed by atoms with E-state index in [1.165, 1.54) is 22.4 Å². The molecule has 0 amide bonds. The van der Waals surface area contributed by atoms with Gasteiger partial charge in [0.15, 0.2) is 17.3 Å². The lowest BCUT2D eigenvalue weighted by molar-refractivity contribution is -0.141. The molecule has 0 fully saturated rings. The van der Waals surface area contributed by atoms with Crippen LogP contribution in [0.4, 0.5) is 17.6 Å². The van der Waals surface area contributed by atoms with Crippen LogP contribution in [0.25, 0.3) is 5.69 Å². The average Bonchev–Trinajstić information content (AvgIpc) is 3.39. The molecule has 0 aliphatic heterocycles. The largest absolute Gasteiger partial charge is 0.435 e. The Morgan fingerprint density at radius 1 is 1.03 bits per heavy atom. The fourth-order valence-electron chi connectivity index (χ4n) is 2.96. The van der Waals surface area contributed by atoms with E-state index in [-0.39, 0.29) is 13.1 Å². The lowest BCUT2D eigenvalue weighted by Gasteiger charge is -2.08. The molecule has 0 saturated carbocycles. The molecule has 7 nitrogen and oxygen atoms in total. The number of aromatic nitrogens is 7. The first kappa shape index (κ1) is 19.8. The molecule has 0 aliphatic rings. The van der Waals surface area contributed by atoms with Crippen molar-refractivity contribution in [2.75, 3.05) is 0 Å². The third-order valence-electron chi connectivity index (χ3n) is 4.54. The Morgan fingerprint density at radius 2 is 1.83 bits per heavy atom. The van der Waals surface area contributed by atoms with Gasteiger partial charge in [-0.25, -0.2) is 14.1 Å². The van der Waals surface area contributed by atoms with Gasteiger partial charge < -0.3 is 0 Å². The molecular weight excluding hydrogens is 402 g/mol. The van der Waals surface area contributed by atoms with Crippen molar-refractivity contribution >= 4 is 0 Å². The highest BCUT2D eigenvalue weighted by atomic mass is 19.4. The zero-order valence-electron chi connectivity index (χ0n) is 16.1. The van der Waals surface area contributed by atoms with Gasteiger partial charge in [0.05, 0.1) is 5.69 Å². The second kappa shape index (κ2) is 7.39. The number of hydrogen-bond acceptors (Lipinski definition) is 4. The van der Waals surface area contributed by atoms with Gasteiger partial charge in [0.2, 0.25) is 0 Å². The summed E-state index contributed by atoms with van der Waals surface area (Å²) in [6, 6.07) is 7.30. The third-order valence-corrected chi connectivity index (χ3v) is 4.54. The number of benzene rings is 1. The quantitative estimate of drug-likeness (QED) is 0.464. The van der Waals surface area contributed by atoms with E-state index in [0.29, 0.717) is 28.6 Å². The topological polar surface area (TPSA) is 66.3 Å². The van der Waals surface area contributed by atoms with Gasteiger partial charge in [-0.15, -0.1) is 5.10 Å². The van der Waals surface area contributed by atoms with Gasteiger partial charge in [-0.3, -0.25) is 9.36 Å². The second-order valence-electron chi connectivity index (χ2n) is 6.82. The van der Waals surface area contributed by atoms with Crippen molar-refractivity contribution in [2.24, 2.45) is 0 Å². The number of halogens is 4. The number of hydrogen-bond donors (Lipinski definition) is 0. The lowest BCUT2D eigenvalue weighted by atomic mass is 10.2. The summed E-state index contributed by atoms with van der Waals surface area (Å²) >= 11 is 0. The van der Waals surface area contributed by atoms with E-state index in [0.717, 1.165) is 6.07 Å². The van der Waals surface area contributed by atoms with Gasteiger partial charge in [0, 0.05) is 18.1 Å². The summed E-state index contributed by atoms with van der Waals surface area (Å²) in [5.41, 5.74) is 0.216. The van der Waals surface area contributed by atoms with Crippen molar-refractivity contribution in [2.45, 2.75) is 33.1 Å². The van der Waals surface area contributed by atoms with Crippen LogP contribution in [0.2, 0.25) is 0 Å². The second-order valence-corrected chi connectivity index (χ2v) is 6.82. The van der Waals surface area contributed by atoms with Gasteiger partial charge in [-0.1, -0.05) is 6.07 Å². The molecule has 4 aromatic rings. The van der Waals surface area contributed by atoms with Gasteiger partial charge in [0.25, 0.3) is 0 Å². The molecule has 0 N–H and O–H groups in total. The van der Waals surface area contributed by atoms with E-state index < -0.39 is 17.7 Å². The summed E-state index contributed by atoms with van der Waals surface area (Å²) in [5.74, 6) is 0.285. The summed E-state index contributed by atoms with van der Waals surface area (Å²) in [5, 5.41) is 12.2. The van der Waals surface area contributed by atoms with Crippen molar-refractivity contribution in [3.8, 4) is 5.69 Å². The molecule has 0 bridgehead atoms. The summed E-state index contributed by atoms with van der Waals surface area (Å²) in [7, 11) is 0. The molecule has 0 spiro atoms. The number of nitrogens with zero attached hydrogens (tertiary/aromatic N) is 7. The first-order valence-electron chi connectivity index (χ1n) is 9.01. The molecule has 0 saturated heterocycles. The maximum Gasteiger partial charge on any atom is 0.435 e. The highest BCUT2D eigenvalue weighted by Gasteiger charge is 2.34. The first-order chi connectivity index (χ1) is 14.2. The molecule has 3 aromatic heterocycles. The van der Waals surface area contributed by atoms with Crippen LogP contribution in [0, 0.1) is 19.7 Å². The van der Waals surface area contributed by atoms with Crippen LogP contribution in [-0.2, 0) is 19.3 Å². The fraction of sp³-hybridized carbons (Fsp3) is 0.263. The minimum Gasteiger partial charge on any atom is -0.265 e. The Morgan fingerprint density at radius 3 is 2.47 bits per heavy atom. The van der Waals surface area contributed by atoms with Crippen molar-refractivity contribution in [1.82, 2.24) is 34.3 Å². The average molecular weight is 419 g/mol. The van der Waals surface area contributed by atoms with E-state index >= 15 is 0 Å². The van der Waals surface area contributed by atoms with Gasteiger partial charge in [-0.05, 0) is 43.7 Å². The van der Waals surface area contributed by atoms with Gasteiger partial charge in [-0.2, -0.15) is 23.4 Å². The molecule has 0 aliphatic carbocycles. The predicted octanol–water partition coefficient (Wildman–Crippen LogP) is 3.53. The van der Waals surface area contributed by atoms with Crippen LogP contribution < -0.4 is 0 Å². The van der Waals surface area contributed by atoms with E-state index in [9.17, 15) is 17.6 Å². The smallest absolute Gasteiger partial charge is 0.265 e. The van der Waals surface area contributed by atoms with Crippen LogP contribution in [-0.4, -0.2) is 34.3 Å². The Kier molecular flexibility index (Phi) is 4.88. The van der Waals surface area contributed by atoms with E-state index in [4.69, 9.17) is 0 Å². The maximum absolute atomic E-state index is 14.1. The summed E-state index contributed by atoms with van der Waals surface area (Å²) in [6.45, 7) is 3.35. The monoisotopic (exact) mass is 419 g/mol. The van der Waals surface area contributed by atoms with Crippen molar-refractivity contribution < 1.29 is 17.6 Å². The molecule has 11 heteroatoms. The van der Waals surface area contributed by atoms with E-state index in [1.54, 1.807) is 42.2 Å². The first-order valence-corrected chi connectivity index (χ1v) is 9.01. The van der Waals surface area contributed by atoms with E-state index in [1.807, 2.05) is 0 Å². The molecule has 1 aromatic carbocycles. The molecular formula is C19H17F4N7. The van der Waals surface area contributed by atoms with Crippen LogP contribution in [0.15, 0.2) is 42.7 Å². The standard InChI is InChI=1S/C19H17F4N7/c1-12-4-5-14(9-15(12)20)30-18(25-17(27-30)10-28-7-3-6-24-28)11-29-13(2)8-16(26-29)19(21,22)23/h3-9H,10-11H2,1-2H3. The molecule has 0 unspecified atom stereocenters. The zero-order chi connectivity index (χ0) is 21.5. The van der Waals surface area contributed by atoms with Crippen LogP contribution >= 0.6 is 0 Å². The van der Waals surface area contributed by atoms with Crippen LogP contribution in [0.3, 0.4) is 0 Å². The summed E-state index contributed by atoms with van der Waals surface area (Å²) in [6.07, 6.45) is -1.20.